The summed E-state index contributed by atoms with van der Waals surface area (Å²) in [5.41, 5.74) is 8.67. The van der Waals surface area contributed by atoms with Crippen LogP contribution in [0.2, 0.25) is 0 Å². The van der Waals surface area contributed by atoms with E-state index in [1.807, 2.05) is 10.9 Å². The Morgan fingerprint density at radius 2 is 1.96 bits per heavy atom. The van der Waals surface area contributed by atoms with Crippen LogP contribution >= 0.6 is 0 Å². The molecule has 6 heteroatoms. The number of carbonyl (C=O) groups excluding carboxylic acids is 1. The molecule has 6 nitrogen and oxygen atoms in total. The molecular weight excluding hydrogens is 350 g/mol. The van der Waals surface area contributed by atoms with E-state index in [-0.39, 0.29) is 11.9 Å². The Kier molecular flexibility index (Phi) is 4.07. The predicted molar refractivity (Wildman–Crippen MR) is 107 cm³/mol. The van der Waals surface area contributed by atoms with E-state index in [1.165, 1.54) is 16.8 Å². The molecule has 0 fully saturated rings. The Hall–Kier alpha value is -2.89. The summed E-state index contributed by atoms with van der Waals surface area (Å²) in [6.45, 7) is 4.22. The highest BCUT2D eigenvalue weighted by Crippen LogP contribution is 2.32. The van der Waals surface area contributed by atoms with Crippen molar-refractivity contribution in [2.75, 3.05) is 0 Å². The van der Waals surface area contributed by atoms with Gasteiger partial charge in [0.2, 0.25) is 0 Å². The number of aromatic nitrogens is 4. The van der Waals surface area contributed by atoms with E-state index < -0.39 is 0 Å². The van der Waals surface area contributed by atoms with Crippen LogP contribution in [-0.4, -0.2) is 25.9 Å². The minimum atomic E-state index is -0.0728. The van der Waals surface area contributed by atoms with Crippen molar-refractivity contribution >= 4 is 5.91 Å². The zero-order valence-electron chi connectivity index (χ0n) is 16.4. The van der Waals surface area contributed by atoms with E-state index in [9.17, 15) is 4.79 Å². The number of H-pyrrole nitrogens is 1. The molecule has 2 aliphatic carbocycles. The van der Waals surface area contributed by atoms with Crippen molar-refractivity contribution < 1.29 is 4.79 Å². The molecule has 1 aromatic carbocycles. The first kappa shape index (κ1) is 17.2. The molecule has 2 aliphatic rings. The molecule has 0 unspecified atom stereocenters. The first-order chi connectivity index (χ1) is 13.6. The van der Waals surface area contributed by atoms with Gasteiger partial charge in [-0.2, -0.15) is 10.2 Å². The van der Waals surface area contributed by atoms with Crippen LogP contribution in [0.1, 0.15) is 69.4 Å². The molecule has 0 bridgehead atoms. The van der Waals surface area contributed by atoms with Gasteiger partial charge in [-0.15, -0.1) is 0 Å². The average Bonchev–Trinajstić information content (AvgIpc) is 3.36. The van der Waals surface area contributed by atoms with Crippen LogP contribution in [-0.2, 0) is 19.3 Å². The molecule has 0 radical (unpaired) electrons. The molecule has 144 valence electrons. The summed E-state index contributed by atoms with van der Waals surface area (Å²) in [6.07, 6.45) is 7.90. The standard InChI is InChI=1S/C22H25N5O/c1-13-9-14(2)11-15(10-13)27-20-8-4-6-18(17(20)12-23-27)24-22(28)21-16-5-3-7-19(16)25-26-21/h9-12,18H,3-8H2,1-2H3,(H,24,28)(H,25,26)/t18-/m1/s1. The van der Waals surface area contributed by atoms with Crippen LogP contribution in [0.25, 0.3) is 5.69 Å². The van der Waals surface area contributed by atoms with Gasteiger partial charge < -0.3 is 5.32 Å². The second kappa shape index (κ2) is 6.62. The van der Waals surface area contributed by atoms with Gasteiger partial charge >= 0.3 is 0 Å². The Morgan fingerprint density at radius 3 is 2.79 bits per heavy atom. The maximum absolute atomic E-state index is 12.9. The largest absolute Gasteiger partial charge is 0.344 e. The maximum atomic E-state index is 12.9. The lowest BCUT2D eigenvalue weighted by Crippen LogP contribution is -2.31. The van der Waals surface area contributed by atoms with Crippen molar-refractivity contribution in [2.45, 2.75) is 58.4 Å². The SMILES string of the molecule is Cc1cc(C)cc(-n2ncc3c2CCC[C@H]3NC(=O)c2n[nH]c3c2CCC3)c1. The van der Waals surface area contributed by atoms with Crippen molar-refractivity contribution in [3.8, 4) is 5.69 Å². The number of hydrogen-bond acceptors (Lipinski definition) is 3. The normalized spacial score (nSPS) is 18.0. The number of benzene rings is 1. The minimum Gasteiger partial charge on any atom is -0.344 e. The molecule has 0 spiro atoms. The zero-order valence-corrected chi connectivity index (χ0v) is 16.4. The number of aromatic amines is 1. The van der Waals surface area contributed by atoms with Gasteiger partial charge in [-0.1, -0.05) is 6.07 Å². The lowest BCUT2D eigenvalue weighted by atomic mass is 9.92. The highest BCUT2D eigenvalue weighted by atomic mass is 16.2. The van der Waals surface area contributed by atoms with E-state index in [1.54, 1.807) is 0 Å². The highest BCUT2D eigenvalue weighted by Gasteiger charge is 2.29. The van der Waals surface area contributed by atoms with E-state index in [0.29, 0.717) is 5.69 Å². The Balaban J connectivity index is 1.44. The predicted octanol–water partition coefficient (Wildman–Crippen LogP) is 3.51. The van der Waals surface area contributed by atoms with Crippen molar-refractivity contribution in [1.29, 1.82) is 0 Å². The third-order valence-electron chi connectivity index (χ3n) is 5.96. The van der Waals surface area contributed by atoms with Gasteiger partial charge in [-0.05, 0) is 75.6 Å². The smallest absolute Gasteiger partial charge is 0.272 e. The number of amides is 1. The fourth-order valence-electron chi connectivity index (χ4n) is 4.74. The average molecular weight is 375 g/mol. The van der Waals surface area contributed by atoms with E-state index in [4.69, 9.17) is 0 Å². The summed E-state index contributed by atoms with van der Waals surface area (Å²) < 4.78 is 2.04. The zero-order chi connectivity index (χ0) is 19.3. The quantitative estimate of drug-likeness (QED) is 0.736. The molecule has 0 aliphatic heterocycles. The number of fused-ring (bicyclic) bond motifs is 2. The fourth-order valence-corrected chi connectivity index (χ4v) is 4.74. The van der Waals surface area contributed by atoms with Crippen molar-refractivity contribution in [3.05, 3.63) is 63.7 Å². The Labute approximate surface area is 164 Å². The number of rotatable bonds is 3. The van der Waals surface area contributed by atoms with Gasteiger partial charge in [-0.3, -0.25) is 9.89 Å². The number of nitrogens with zero attached hydrogens (tertiary/aromatic N) is 3. The molecule has 2 N–H and O–H groups in total. The third-order valence-corrected chi connectivity index (χ3v) is 5.96. The van der Waals surface area contributed by atoms with Gasteiger partial charge in [0.15, 0.2) is 5.69 Å². The van der Waals surface area contributed by atoms with Crippen LogP contribution < -0.4 is 5.32 Å². The van der Waals surface area contributed by atoms with E-state index in [0.717, 1.165) is 61.0 Å². The number of carbonyl (C=O) groups is 1. The number of hydrogen-bond donors (Lipinski definition) is 2. The summed E-state index contributed by atoms with van der Waals surface area (Å²) in [5, 5.41) is 15.2. The first-order valence-electron chi connectivity index (χ1n) is 10.1. The summed E-state index contributed by atoms with van der Waals surface area (Å²) in [5.74, 6) is -0.0728. The van der Waals surface area contributed by atoms with Crippen molar-refractivity contribution in [2.24, 2.45) is 0 Å². The van der Waals surface area contributed by atoms with Crippen LogP contribution in [0.5, 0.6) is 0 Å². The topological polar surface area (TPSA) is 75.6 Å². The van der Waals surface area contributed by atoms with Crippen LogP contribution in [0, 0.1) is 13.8 Å². The Bertz CT molecular complexity index is 1040. The van der Waals surface area contributed by atoms with E-state index >= 15 is 0 Å². The molecule has 1 atom stereocenters. The summed E-state index contributed by atoms with van der Waals surface area (Å²) in [4.78, 5) is 12.9. The van der Waals surface area contributed by atoms with Crippen LogP contribution in [0.4, 0.5) is 0 Å². The highest BCUT2D eigenvalue weighted by molar-refractivity contribution is 5.94. The Morgan fingerprint density at radius 1 is 1.14 bits per heavy atom. The maximum Gasteiger partial charge on any atom is 0.272 e. The molecule has 2 aromatic heterocycles. The van der Waals surface area contributed by atoms with Gasteiger partial charge in [0.05, 0.1) is 17.9 Å². The summed E-state index contributed by atoms with van der Waals surface area (Å²) in [7, 11) is 0. The van der Waals surface area contributed by atoms with Crippen LogP contribution in [0.3, 0.4) is 0 Å². The molecule has 0 saturated heterocycles. The van der Waals surface area contributed by atoms with Gasteiger partial charge in [0.25, 0.3) is 5.91 Å². The summed E-state index contributed by atoms with van der Waals surface area (Å²) in [6, 6.07) is 6.49. The van der Waals surface area contributed by atoms with Gasteiger partial charge in [0, 0.05) is 22.5 Å². The third kappa shape index (κ3) is 2.84. The lowest BCUT2D eigenvalue weighted by Gasteiger charge is -2.24. The van der Waals surface area contributed by atoms with E-state index in [2.05, 4.69) is 52.7 Å². The fraction of sp³-hybridized carbons (Fsp3) is 0.409. The van der Waals surface area contributed by atoms with Crippen LogP contribution in [0.15, 0.2) is 24.4 Å². The molecular formula is C22H25N5O. The molecule has 1 amide bonds. The lowest BCUT2D eigenvalue weighted by molar-refractivity contribution is 0.0926. The molecule has 2 heterocycles. The molecule has 28 heavy (non-hydrogen) atoms. The monoisotopic (exact) mass is 375 g/mol. The molecule has 5 rings (SSSR count). The number of aryl methyl sites for hydroxylation is 3. The van der Waals surface area contributed by atoms with Crippen molar-refractivity contribution in [1.82, 2.24) is 25.3 Å². The molecule has 3 aromatic rings. The molecule has 0 saturated carbocycles. The second-order valence-corrected chi connectivity index (χ2v) is 8.11. The van der Waals surface area contributed by atoms with Gasteiger partial charge in [0.1, 0.15) is 0 Å². The minimum absolute atomic E-state index is 0.00957. The van der Waals surface area contributed by atoms with Gasteiger partial charge in [-0.25, -0.2) is 4.68 Å². The second-order valence-electron chi connectivity index (χ2n) is 8.11. The van der Waals surface area contributed by atoms with Crippen molar-refractivity contribution in [3.63, 3.8) is 0 Å². The number of nitrogens with one attached hydrogen (secondary N) is 2. The summed E-state index contributed by atoms with van der Waals surface area (Å²) >= 11 is 0. The first-order valence-corrected chi connectivity index (χ1v) is 10.1.